The molecule has 2 bridgehead atoms. The number of thioether (sulfide) groups is 1. The summed E-state index contributed by atoms with van der Waals surface area (Å²) in [5, 5.41) is 3.57. The first-order chi connectivity index (χ1) is 12.0. The van der Waals surface area contributed by atoms with Crippen LogP contribution in [0.4, 0.5) is 0 Å². The zero-order chi connectivity index (χ0) is 18.9. The monoisotopic (exact) mass is 381 g/mol. The van der Waals surface area contributed by atoms with Crippen molar-refractivity contribution in [1.82, 2.24) is 5.32 Å². The van der Waals surface area contributed by atoms with Crippen molar-refractivity contribution in [3.63, 3.8) is 0 Å². The minimum absolute atomic E-state index is 0.137. The predicted molar refractivity (Wildman–Crippen MR) is 104 cm³/mol. The maximum Gasteiger partial charge on any atom is 0.460 e. The Morgan fingerprint density at radius 3 is 2.73 bits per heavy atom. The molecule has 0 spiro atoms. The number of carbonyl (C=O) groups excluding carboxylic acids is 1. The summed E-state index contributed by atoms with van der Waals surface area (Å²) in [6.07, 6.45) is 3.36. The Morgan fingerprint density at radius 1 is 1.35 bits per heavy atom. The van der Waals surface area contributed by atoms with Gasteiger partial charge in [-0.15, -0.1) is 11.8 Å². The molecule has 6 atom stereocenters. The number of esters is 1. The van der Waals surface area contributed by atoms with Crippen LogP contribution in [0.25, 0.3) is 0 Å². The van der Waals surface area contributed by atoms with Crippen LogP contribution in [0.1, 0.15) is 54.4 Å². The average molecular weight is 381 g/mol. The van der Waals surface area contributed by atoms with Crippen molar-refractivity contribution in [3.8, 4) is 0 Å². The molecule has 2 aliphatic heterocycles. The fourth-order valence-corrected chi connectivity index (χ4v) is 6.46. The smallest absolute Gasteiger partial charge is 0.459 e. The van der Waals surface area contributed by atoms with Crippen molar-refractivity contribution < 1.29 is 18.8 Å². The minimum Gasteiger partial charge on any atom is -0.459 e. The lowest BCUT2D eigenvalue weighted by Crippen LogP contribution is -2.63. The molecule has 5 nitrogen and oxygen atoms in total. The summed E-state index contributed by atoms with van der Waals surface area (Å²) in [5.41, 5.74) is -0.205. The number of ether oxygens (including phenoxy) is 1. The third kappa shape index (κ3) is 3.23. The van der Waals surface area contributed by atoms with E-state index in [1.165, 1.54) is 6.42 Å². The number of carbonyl (C=O) groups is 1. The molecular formula is C19H32BNO4S. The van der Waals surface area contributed by atoms with Crippen LogP contribution in [0.3, 0.4) is 0 Å². The Morgan fingerprint density at radius 2 is 2.08 bits per heavy atom. The van der Waals surface area contributed by atoms with E-state index in [4.69, 9.17) is 14.0 Å². The quantitative estimate of drug-likeness (QED) is 0.599. The van der Waals surface area contributed by atoms with Crippen LogP contribution in [0, 0.1) is 17.3 Å². The molecule has 5 fully saturated rings. The third-order valence-electron chi connectivity index (χ3n) is 6.81. The van der Waals surface area contributed by atoms with Gasteiger partial charge in [0.2, 0.25) is 0 Å². The summed E-state index contributed by atoms with van der Waals surface area (Å²) in [6.45, 7) is 12.7. The highest BCUT2D eigenvalue weighted by molar-refractivity contribution is 8.00. The molecule has 26 heavy (non-hydrogen) atoms. The van der Waals surface area contributed by atoms with Gasteiger partial charge in [-0.05, 0) is 57.8 Å². The minimum atomic E-state index is -0.447. The van der Waals surface area contributed by atoms with Gasteiger partial charge in [0.25, 0.3) is 0 Å². The van der Waals surface area contributed by atoms with E-state index >= 15 is 0 Å². The van der Waals surface area contributed by atoms with Crippen molar-refractivity contribution in [2.45, 2.75) is 89.4 Å². The number of nitrogens with one attached hydrogen (secondary N) is 1. The SMILES string of the molecule is CC(C)(C)OC(=O)C1CSC(CB2OC3[C@@H]4C[C@H](C[C@]3(C)O2)C4(C)C)N1. The zero-order valence-corrected chi connectivity index (χ0v) is 17.7. The Balaban J connectivity index is 1.32. The molecule has 3 saturated carbocycles. The lowest BCUT2D eigenvalue weighted by molar-refractivity contribution is -0.185. The van der Waals surface area contributed by atoms with E-state index < -0.39 is 5.60 Å². The highest BCUT2D eigenvalue weighted by atomic mass is 32.2. The second kappa shape index (κ2) is 6.13. The Kier molecular flexibility index (Phi) is 4.50. The molecule has 5 rings (SSSR count). The van der Waals surface area contributed by atoms with Crippen LogP contribution in [0.5, 0.6) is 0 Å². The van der Waals surface area contributed by atoms with E-state index in [-0.39, 0.29) is 36.2 Å². The molecule has 5 aliphatic rings. The molecule has 1 N–H and O–H groups in total. The van der Waals surface area contributed by atoms with Gasteiger partial charge in [-0.25, -0.2) is 0 Å². The summed E-state index contributed by atoms with van der Waals surface area (Å²) in [7, 11) is -0.178. The molecule has 0 radical (unpaired) electrons. The second-order valence-electron chi connectivity index (χ2n) is 10.3. The van der Waals surface area contributed by atoms with E-state index in [1.54, 1.807) is 11.8 Å². The largest absolute Gasteiger partial charge is 0.460 e. The second-order valence-corrected chi connectivity index (χ2v) is 11.5. The van der Waals surface area contributed by atoms with Crippen LogP contribution in [-0.2, 0) is 18.8 Å². The number of hydrogen-bond donors (Lipinski definition) is 1. The molecule has 146 valence electrons. The van der Waals surface area contributed by atoms with Crippen LogP contribution >= 0.6 is 11.8 Å². The van der Waals surface area contributed by atoms with Gasteiger partial charge in [-0.2, -0.15) is 0 Å². The van der Waals surface area contributed by atoms with Gasteiger partial charge >= 0.3 is 13.1 Å². The maximum absolute atomic E-state index is 12.3. The van der Waals surface area contributed by atoms with Gasteiger partial charge in [0.05, 0.1) is 17.1 Å². The molecule has 0 aromatic carbocycles. The normalized spacial score (nSPS) is 43.8. The number of rotatable bonds is 3. The average Bonchev–Trinajstić information content (AvgIpc) is 3.08. The highest BCUT2D eigenvalue weighted by Crippen LogP contribution is 2.64. The molecule has 0 aromatic heterocycles. The standard InChI is InChI=1S/C19H32BNO4S/c1-17(2,3)23-16(22)13-10-26-14(21-13)9-20-24-15-12-7-11(18(12,4)5)8-19(15,6)25-20/h11-15,21H,7-10H2,1-6H3/t11-,12+,13?,14?,15?,19+/m1/s1. The van der Waals surface area contributed by atoms with E-state index in [2.05, 4.69) is 26.1 Å². The fourth-order valence-electron chi connectivity index (χ4n) is 5.25. The lowest BCUT2D eigenvalue weighted by atomic mass is 9.45. The first-order valence-corrected chi connectivity index (χ1v) is 11.0. The fraction of sp³-hybridized carbons (Fsp3) is 0.947. The molecule has 2 heterocycles. The van der Waals surface area contributed by atoms with Gasteiger partial charge in [0.1, 0.15) is 11.6 Å². The summed E-state index contributed by atoms with van der Waals surface area (Å²) in [5.74, 6) is 1.94. The van der Waals surface area contributed by atoms with E-state index in [1.807, 2.05) is 20.8 Å². The highest BCUT2D eigenvalue weighted by Gasteiger charge is 2.66. The Bertz CT molecular complexity index is 595. The van der Waals surface area contributed by atoms with Crippen molar-refractivity contribution >= 4 is 24.8 Å². The molecule has 0 amide bonds. The Hall–Kier alpha value is -0.235. The summed E-state index contributed by atoms with van der Waals surface area (Å²) >= 11 is 1.76. The van der Waals surface area contributed by atoms with Crippen molar-refractivity contribution in [2.24, 2.45) is 17.3 Å². The molecule has 0 aromatic rings. The maximum atomic E-state index is 12.3. The van der Waals surface area contributed by atoms with Crippen LogP contribution in [0.15, 0.2) is 0 Å². The van der Waals surface area contributed by atoms with Crippen LogP contribution < -0.4 is 5.32 Å². The van der Waals surface area contributed by atoms with Gasteiger partial charge in [-0.3, -0.25) is 10.1 Å². The van der Waals surface area contributed by atoms with Crippen LogP contribution in [-0.4, -0.2) is 47.6 Å². The molecule has 3 unspecified atom stereocenters. The van der Waals surface area contributed by atoms with E-state index in [9.17, 15) is 4.79 Å². The molecule has 7 heteroatoms. The lowest BCUT2D eigenvalue weighted by Gasteiger charge is -2.63. The van der Waals surface area contributed by atoms with E-state index in [0.29, 0.717) is 11.3 Å². The number of hydrogen-bond acceptors (Lipinski definition) is 6. The van der Waals surface area contributed by atoms with E-state index in [0.717, 1.165) is 24.4 Å². The van der Waals surface area contributed by atoms with Gasteiger partial charge in [0, 0.05) is 12.1 Å². The van der Waals surface area contributed by atoms with Gasteiger partial charge in [0.15, 0.2) is 0 Å². The van der Waals surface area contributed by atoms with Crippen molar-refractivity contribution in [3.05, 3.63) is 0 Å². The molecular weight excluding hydrogens is 349 g/mol. The predicted octanol–water partition coefficient (Wildman–Crippen LogP) is 3.09. The summed E-state index contributed by atoms with van der Waals surface area (Å²) < 4.78 is 18.3. The topological polar surface area (TPSA) is 56.8 Å². The summed E-state index contributed by atoms with van der Waals surface area (Å²) in [4.78, 5) is 12.3. The first kappa shape index (κ1) is 19.1. The molecule has 2 saturated heterocycles. The zero-order valence-electron chi connectivity index (χ0n) is 16.8. The molecule has 3 aliphatic carbocycles. The van der Waals surface area contributed by atoms with Crippen LogP contribution in [0.2, 0.25) is 6.32 Å². The Labute approximate surface area is 161 Å². The van der Waals surface area contributed by atoms with Crippen molar-refractivity contribution in [1.29, 1.82) is 0 Å². The van der Waals surface area contributed by atoms with Crippen molar-refractivity contribution in [2.75, 3.05) is 5.75 Å². The van der Waals surface area contributed by atoms with Gasteiger partial charge < -0.3 is 14.0 Å². The third-order valence-corrected chi connectivity index (χ3v) is 8.07. The first-order valence-electron chi connectivity index (χ1n) is 9.92. The summed E-state index contributed by atoms with van der Waals surface area (Å²) in [6, 6.07) is -0.241. The van der Waals surface area contributed by atoms with Gasteiger partial charge in [-0.1, -0.05) is 13.8 Å².